The van der Waals surface area contributed by atoms with Crippen LogP contribution in [0.5, 0.6) is 5.06 Å². The van der Waals surface area contributed by atoms with E-state index in [-0.39, 0.29) is 12.0 Å². The quantitative estimate of drug-likeness (QED) is 0.811. The predicted molar refractivity (Wildman–Crippen MR) is 75.8 cm³/mol. The van der Waals surface area contributed by atoms with Crippen molar-refractivity contribution in [1.82, 2.24) is 5.32 Å². The van der Waals surface area contributed by atoms with E-state index in [1.807, 2.05) is 0 Å². The third-order valence-corrected chi connectivity index (χ3v) is 4.53. The van der Waals surface area contributed by atoms with Crippen molar-refractivity contribution in [1.29, 1.82) is 0 Å². The number of hydrogen-bond acceptors (Lipinski definition) is 4. The molecule has 0 aliphatic carbocycles. The molecule has 98 valence electrons. The van der Waals surface area contributed by atoms with Crippen LogP contribution in [0.15, 0.2) is 10.5 Å². The molecule has 1 aromatic rings. The summed E-state index contributed by atoms with van der Waals surface area (Å²) in [5.74, 6) is 0. The molecule has 0 saturated heterocycles. The van der Waals surface area contributed by atoms with Gasteiger partial charge in [-0.05, 0) is 33.8 Å². The maximum absolute atomic E-state index is 8.94. The van der Waals surface area contributed by atoms with E-state index in [1.165, 1.54) is 4.88 Å². The summed E-state index contributed by atoms with van der Waals surface area (Å²) >= 11 is 5.10. The maximum atomic E-state index is 8.94. The van der Waals surface area contributed by atoms with Crippen LogP contribution >= 0.6 is 27.3 Å². The van der Waals surface area contributed by atoms with Gasteiger partial charge in [0.1, 0.15) is 0 Å². The molecule has 1 aromatic heterocycles. The minimum Gasteiger partial charge on any atom is -0.486 e. The van der Waals surface area contributed by atoms with E-state index < -0.39 is 0 Å². The Kier molecular flexibility index (Phi) is 5.92. The molecule has 0 spiro atoms. The third kappa shape index (κ3) is 4.95. The van der Waals surface area contributed by atoms with Gasteiger partial charge in [0.25, 0.3) is 0 Å². The third-order valence-electron chi connectivity index (χ3n) is 2.58. The average Bonchev–Trinajstić information content (AvgIpc) is 2.58. The van der Waals surface area contributed by atoms with Gasteiger partial charge in [-0.3, -0.25) is 0 Å². The van der Waals surface area contributed by atoms with E-state index in [2.05, 4.69) is 41.2 Å². The van der Waals surface area contributed by atoms with Crippen molar-refractivity contribution in [2.24, 2.45) is 5.41 Å². The Morgan fingerprint density at radius 3 is 2.76 bits per heavy atom. The van der Waals surface area contributed by atoms with Crippen molar-refractivity contribution >= 4 is 27.3 Å². The molecular weight excluding hydrogens is 302 g/mol. The van der Waals surface area contributed by atoms with E-state index in [0.717, 1.165) is 29.0 Å². The number of aliphatic hydroxyl groups excluding tert-OH is 1. The predicted octanol–water partition coefficient (Wildman–Crippen LogP) is 3.02. The second-order valence-corrected chi connectivity index (χ2v) is 6.75. The lowest BCUT2D eigenvalue weighted by molar-refractivity contribution is 0.207. The zero-order valence-corrected chi connectivity index (χ0v) is 12.9. The summed E-state index contributed by atoms with van der Waals surface area (Å²) in [6.45, 7) is 6.28. The van der Waals surface area contributed by atoms with Crippen molar-refractivity contribution in [3.8, 4) is 5.06 Å². The van der Waals surface area contributed by atoms with Crippen LogP contribution in [0.1, 0.15) is 25.1 Å². The number of hydrogen-bond donors (Lipinski definition) is 2. The standard InChI is InChI=1S/C12H20BrNO2S/c1-12(2,4-5-15)8-14-7-9-6-10(13)11(16-3)17-9/h6,14-15H,4-5,7-8H2,1-3H3. The average molecular weight is 322 g/mol. The number of methoxy groups -OCH3 is 1. The molecule has 2 N–H and O–H groups in total. The van der Waals surface area contributed by atoms with E-state index >= 15 is 0 Å². The molecule has 5 heteroatoms. The number of halogens is 1. The zero-order valence-electron chi connectivity index (χ0n) is 10.5. The van der Waals surface area contributed by atoms with Gasteiger partial charge in [0.05, 0.1) is 11.6 Å². The van der Waals surface area contributed by atoms with Crippen LogP contribution in [0.4, 0.5) is 0 Å². The van der Waals surface area contributed by atoms with E-state index in [4.69, 9.17) is 9.84 Å². The highest BCUT2D eigenvalue weighted by molar-refractivity contribution is 9.10. The van der Waals surface area contributed by atoms with Crippen LogP contribution in [0, 0.1) is 5.41 Å². The van der Waals surface area contributed by atoms with Crippen LogP contribution in [0.25, 0.3) is 0 Å². The fraction of sp³-hybridized carbons (Fsp3) is 0.667. The summed E-state index contributed by atoms with van der Waals surface area (Å²) in [7, 11) is 1.68. The van der Waals surface area contributed by atoms with Gasteiger partial charge in [-0.1, -0.05) is 13.8 Å². The monoisotopic (exact) mass is 321 g/mol. The van der Waals surface area contributed by atoms with Crippen molar-refractivity contribution in [2.75, 3.05) is 20.3 Å². The molecule has 0 aliphatic rings. The molecule has 0 aliphatic heterocycles. The SMILES string of the molecule is COc1sc(CNCC(C)(C)CCO)cc1Br. The summed E-state index contributed by atoms with van der Waals surface area (Å²) in [4.78, 5) is 1.24. The first-order valence-electron chi connectivity index (χ1n) is 5.62. The fourth-order valence-electron chi connectivity index (χ4n) is 1.54. The molecule has 0 saturated carbocycles. The normalized spacial score (nSPS) is 11.8. The lowest BCUT2D eigenvalue weighted by atomic mass is 9.90. The van der Waals surface area contributed by atoms with Crippen LogP contribution in [0.3, 0.4) is 0 Å². The molecule has 0 radical (unpaired) electrons. The molecule has 0 unspecified atom stereocenters. The number of thiophene rings is 1. The molecule has 0 atom stereocenters. The summed E-state index contributed by atoms with van der Waals surface area (Å²) < 4.78 is 6.23. The van der Waals surface area contributed by atoms with E-state index in [9.17, 15) is 0 Å². The van der Waals surface area contributed by atoms with Crippen molar-refractivity contribution in [2.45, 2.75) is 26.8 Å². The van der Waals surface area contributed by atoms with E-state index in [0.29, 0.717) is 0 Å². The summed E-state index contributed by atoms with van der Waals surface area (Å²) in [5, 5.41) is 13.3. The topological polar surface area (TPSA) is 41.5 Å². The van der Waals surface area contributed by atoms with Gasteiger partial charge in [0.15, 0.2) is 5.06 Å². The smallest absolute Gasteiger partial charge is 0.188 e. The van der Waals surface area contributed by atoms with Crippen LogP contribution < -0.4 is 10.1 Å². The number of aliphatic hydroxyl groups is 1. The molecule has 0 fully saturated rings. The first-order chi connectivity index (χ1) is 7.98. The maximum Gasteiger partial charge on any atom is 0.188 e. The van der Waals surface area contributed by atoms with Crippen molar-refractivity contribution in [3.05, 3.63) is 15.4 Å². The Balaban J connectivity index is 2.40. The number of rotatable bonds is 7. The molecule has 0 amide bonds. The number of nitrogens with one attached hydrogen (secondary N) is 1. The van der Waals surface area contributed by atoms with Gasteiger partial charge in [-0.15, -0.1) is 11.3 Å². The lowest BCUT2D eigenvalue weighted by Gasteiger charge is -2.23. The minimum absolute atomic E-state index is 0.132. The highest BCUT2D eigenvalue weighted by Crippen LogP contribution is 2.34. The summed E-state index contributed by atoms with van der Waals surface area (Å²) in [6.07, 6.45) is 0.817. The van der Waals surface area contributed by atoms with Gasteiger partial charge >= 0.3 is 0 Å². The van der Waals surface area contributed by atoms with Crippen LogP contribution in [0.2, 0.25) is 0 Å². The molecule has 0 aromatic carbocycles. The van der Waals surface area contributed by atoms with Gasteiger partial charge < -0.3 is 15.2 Å². The summed E-state index contributed by atoms with van der Waals surface area (Å²) in [6, 6.07) is 2.08. The Bertz CT molecular complexity index is 352. The fourth-order valence-corrected chi connectivity index (χ4v) is 3.20. The molecule has 0 bridgehead atoms. The largest absolute Gasteiger partial charge is 0.486 e. The van der Waals surface area contributed by atoms with Gasteiger partial charge in [-0.2, -0.15) is 0 Å². The molecule has 1 heterocycles. The molecule has 17 heavy (non-hydrogen) atoms. The molecule has 1 rings (SSSR count). The highest BCUT2D eigenvalue weighted by Gasteiger charge is 2.16. The Morgan fingerprint density at radius 1 is 1.53 bits per heavy atom. The van der Waals surface area contributed by atoms with E-state index in [1.54, 1.807) is 18.4 Å². The number of ether oxygens (including phenoxy) is 1. The molecule has 3 nitrogen and oxygen atoms in total. The lowest BCUT2D eigenvalue weighted by Crippen LogP contribution is -2.29. The second-order valence-electron chi connectivity index (χ2n) is 4.79. The second kappa shape index (κ2) is 6.73. The van der Waals surface area contributed by atoms with Gasteiger partial charge in [0, 0.05) is 24.6 Å². The first kappa shape index (κ1) is 15.0. The van der Waals surface area contributed by atoms with Crippen molar-refractivity contribution < 1.29 is 9.84 Å². The van der Waals surface area contributed by atoms with Crippen LogP contribution in [-0.4, -0.2) is 25.4 Å². The van der Waals surface area contributed by atoms with Crippen LogP contribution in [-0.2, 0) is 6.54 Å². The van der Waals surface area contributed by atoms with Crippen molar-refractivity contribution in [3.63, 3.8) is 0 Å². The first-order valence-corrected chi connectivity index (χ1v) is 7.23. The molecular formula is C12H20BrNO2S. The Labute approximate surface area is 115 Å². The zero-order chi connectivity index (χ0) is 12.9. The van der Waals surface area contributed by atoms with Gasteiger partial charge in [0.2, 0.25) is 0 Å². The van der Waals surface area contributed by atoms with Gasteiger partial charge in [-0.25, -0.2) is 0 Å². The Hall–Kier alpha value is -0.100. The Morgan fingerprint density at radius 2 is 2.24 bits per heavy atom. The summed E-state index contributed by atoms with van der Waals surface area (Å²) in [5.41, 5.74) is 0.132. The minimum atomic E-state index is 0.132. The highest BCUT2D eigenvalue weighted by atomic mass is 79.9.